The average Bonchev–Trinajstić information content (AvgIpc) is 2.59. The molecule has 0 N–H and O–H groups in total. The number of hydrogen-bond acceptors (Lipinski definition) is 2. The van der Waals surface area contributed by atoms with Crippen LogP contribution in [0.2, 0.25) is 0 Å². The largest absolute Gasteiger partial charge is 0.368 e. The van der Waals surface area contributed by atoms with Crippen molar-refractivity contribution < 1.29 is 4.79 Å². The summed E-state index contributed by atoms with van der Waals surface area (Å²) in [7, 11) is 0. The minimum Gasteiger partial charge on any atom is -0.368 e. The molecule has 1 fully saturated rings. The van der Waals surface area contributed by atoms with E-state index >= 15 is 0 Å². The van der Waals surface area contributed by atoms with E-state index < -0.39 is 0 Å². The van der Waals surface area contributed by atoms with Crippen LogP contribution in [0.3, 0.4) is 0 Å². The summed E-state index contributed by atoms with van der Waals surface area (Å²) in [5.74, 6) is 0. The number of carbonyl (C=O) groups is 1. The van der Waals surface area contributed by atoms with Crippen LogP contribution in [-0.4, -0.2) is 18.9 Å². The molecular formula is C13H15NO. The van der Waals surface area contributed by atoms with Gasteiger partial charge in [0.2, 0.25) is 0 Å². The molecule has 2 nitrogen and oxygen atoms in total. The SMILES string of the molecule is O=Cc1ccc2c(c1)CCN2C1CCC1. The molecule has 2 heteroatoms. The van der Waals surface area contributed by atoms with Crippen molar-refractivity contribution in [3.63, 3.8) is 0 Å². The van der Waals surface area contributed by atoms with Gasteiger partial charge in [-0.25, -0.2) is 0 Å². The molecule has 0 aromatic heterocycles. The minimum atomic E-state index is 0.772. The number of benzene rings is 1. The molecule has 1 saturated carbocycles. The fourth-order valence-corrected chi connectivity index (χ4v) is 2.60. The van der Waals surface area contributed by atoms with Crippen LogP contribution in [0.5, 0.6) is 0 Å². The lowest BCUT2D eigenvalue weighted by Crippen LogP contribution is -2.38. The van der Waals surface area contributed by atoms with Crippen molar-refractivity contribution in [3.05, 3.63) is 29.3 Å². The lowest BCUT2D eigenvalue weighted by atomic mass is 9.91. The van der Waals surface area contributed by atoms with Crippen molar-refractivity contribution in [2.24, 2.45) is 0 Å². The number of fused-ring (bicyclic) bond motifs is 1. The van der Waals surface area contributed by atoms with E-state index in [1.807, 2.05) is 12.1 Å². The second-order valence-electron chi connectivity index (χ2n) is 4.53. The van der Waals surface area contributed by atoms with Crippen LogP contribution in [0, 0.1) is 0 Å². The Kier molecular flexibility index (Phi) is 2.01. The normalized spacial score (nSPS) is 19.9. The van der Waals surface area contributed by atoms with Gasteiger partial charge in [-0.3, -0.25) is 4.79 Å². The van der Waals surface area contributed by atoms with Crippen molar-refractivity contribution in [1.29, 1.82) is 0 Å². The van der Waals surface area contributed by atoms with Gasteiger partial charge in [-0.2, -0.15) is 0 Å². The van der Waals surface area contributed by atoms with Crippen LogP contribution >= 0.6 is 0 Å². The third-order valence-corrected chi connectivity index (χ3v) is 3.69. The van der Waals surface area contributed by atoms with Crippen LogP contribution in [0.4, 0.5) is 5.69 Å². The molecule has 0 bridgehead atoms. The summed E-state index contributed by atoms with van der Waals surface area (Å²) in [4.78, 5) is 13.2. The van der Waals surface area contributed by atoms with Crippen molar-refractivity contribution in [3.8, 4) is 0 Å². The van der Waals surface area contributed by atoms with Crippen LogP contribution in [0.25, 0.3) is 0 Å². The van der Waals surface area contributed by atoms with Gasteiger partial charge in [0.1, 0.15) is 6.29 Å². The maximum atomic E-state index is 10.7. The number of anilines is 1. The van der Waals surface area contributed by atoms with E-state index in [0.29, 0.717) is 0 Å². The molecule has 1 aliphatic heterocycles. The predicted octanol–water partition coefficient (Wildman–Crippen LogP) is 2.41. The van der Waals surface area contributed by atoms with Gasteiger partial charge in [0.25, 0.3) is 0 Å². The highest BCUT2D eigenvalue weighted by Crippen LogP contribution is 2.36. The summed E-state index contributed by atoms with van der Waals surface area (Å²) < 4.78 is 0. The molecule has 1 heterocycles. The number of carbonyl (C=O) groups excluding carboxylic acids is 1. The van der Waals surface area contributed by atoms with Gasteiger partial charge in [-0.15, -0.1) is 0 Å². The first kappa shape index (κ1) is 8.96. The van der Waals surface area contributed by atoms with Gasteiger partial charge in [0.05, 0.1) is 0 Å². The third-order valence-electron chi connectivity index (χ3n) is 3.69. The monoisotopic (exact) mass is 201 g/mol. The molecule has 0 amide bonds. The molecule has 0 unspecified atom stereocenters. The first-order valence-electron chi connectivity index (χ1n) is 5.73. The van der Waals surface area contributed by atoms with Gasteiger partial charge in [-0.1, -0.05) is 0 Å². The Bertz CT molecular complexity index is 396. The zero-order valence-corrected chi connectivity index (χ0v) is 8.78. The molecule has 2 aliphatic rings. The quantitative estimate of drug-likeness (QED) is 0.685. The van der Waals surface area contributed by atoms with Gasteiger partial charge < -0.3 is 4.90 Å². The average molecular weight is 201 g/mol. The lowest BCUT2D eigenvalue weighted by molar-refractivity contribution is 0.112. The molecule has 3 rings (SSSR count). The smallest absolute Gasteiger partial charge is 0.150 e. The summed E-state index contributed by atoms with van der Waals surface area (Å²) >= 11 is 0. The van der Waals surface area contributed by atoms with Gasteiger partial charge in [0, 0.05) is 23.8 Å². The molecule has 15 heavy (non-hydrogen) atoms. The molecule has 0 spiro atoms. The fraction of sp³-hybridized carbons (Fsp3) is 0.462. The van der Waals surface area contributed by atoms with Gasteiger partial charge in [-0.05, 0) is 49.4 Å². The molecule has 1 aromatic rings. The van der Waals surface area contributed by atoms with Gasteiger partial charge in [0.15, 0.2) is 0 Å². The molecule has 0 saturated heterocycles. The number of aldehydes is 1. The number of nitrogens with zero attached hydrogens (tertiary/aromatic N) is 1. The van der Waals surface area contributed by atoms with Crippen molar-refractivity contribution in [2.75, 3.05) is 11.4 Å². The Labute approximate surface area is 89.9 Å². The number of hydrogen-bond donors (Lipinski definition) is 0. The standard InChI is InChI=1S/C13H15NO/c15-9-10-4-5-13-11(8-10)6-7-14(13)12-2-1-3-12/h4-5,8-9,12H,1-3,6-7H2. The van der Waals surface area contributed by atoms with E-state index in [0.717, 1.165) is 30.9 Å². The number of rotatable bonds is 2. The summed E-state index contributed by atoms with van der Waals surface area (Å²) in [6, 6.07) is 6.86. The Morgan fingerprint density at radius 1 is 1.33 bits per heavy atom. The highest BCUT2D eigenvalue weighted by atomic mass is 16.1. The molecule has 0 atom stereocenters. The highest BCUT2D eigenvalue weighted by Gasteiger charge is 2.29. The summed E-state index contributed by atoms with van der Waals surface area (Å²) in [6.45, 7) is 1.14. The van der Waals surface area contributed by atoms with Crippen LogP contribution in [0.1, 0.15) is 35.2 Å². The first-order valence-corrected chi connectivity index (χ1v) is 5.73. The van der Waals surface area contributed by atoms with Crippen LogP contribution in [-0.2, 0) is 6.42 Å². The van der Waals surface area contributed by atoms with Gasteiger partial charge >= 0.3 is 0 Å². The summed E-state index contributed by atoms with van der Waals surface area (Å²) in [5.41, 5.74) is 3.53. The summed E-state index contributed by atoms with van der Waals surface area (Å²) in [6.07, 6.45) is 6.10. The first-order chi connectivity index (χ1) is 7.38. The van der Waals surface area contributed by atoms with E-state index in [2.05, 4.69) is 11.0 Å². The Balaban J connectivity index is 1.92. The molecule has 1 aliphatic carbocycles. The second-order valence-corrected chi connectivity index (χ2v) is 4.53. The molecule has 78 valence electrons. The van der Waals surface area contributed by atoms with Crippen LogP contribution < -0.4 is 4.90 Å². The highest BCUT2D eigenvalue weighted by molar-refractivity contribution is 5.77. The van der Waals surface area contributed by atoms with Crippen molar-refractivity contribution in [1.82, 2.24) is 0 Å². The minimum absolute atomic E-state index is 0.772. The van der Waals surface area contributed by atoms with Crippen molar-refractivity contribution >= 4 is 12.0 Å². The molecular weight excluding hydrogens is 186 g/mol. The second kappa shape index (κ2) is 3.37. The maximum absolute atomic E-state index is 10.7. The Morgan fingerprint density at radius 2 is 2.20 bits per heavy atom. The van der Waals surface area contributed by atoms with E-state index in [9.17, 15) is 4.79 Å². The predicted molar refractivity (Wildman–Crippen MR) is 60.5 cm³/mol. The lowest BCUT2D eigenvalue weighted by Gasteiger charge is -2.36. The Morgan fingerprint density at radius 3 is 2.87 bits per heavy atom. The van der Waals surface area contributed by atoms with E-state index in [4.69, 9.17) is 0 Å². The molecule has 1 aromatic carbocycles. The van der Waals surface area contributed by atoms with Crippen LogP contribution in [0.15, 0.2) is 18.2 Å². The zero-order chi connectivity index (χ0) is 10.3. The third kappa shape index (κ3) is 1.36. The maximum Gasteiger partial charge on any atom is 0.150 e. The zero-order valence-electron chi connectivity index (χ0n) is 8.78. The fourth-order valence-electron chi connectivity index (χ4n) is 2.60. The van der Waals surface area contributed by atoms with E-state index in [-0.39, 0.29) is 0 Å². The molecule has 0 radical (unpaired) electrons. The van der Waals surface area contributed by atoms with Crippen molar-refractivity contribution in [2.45, 2.75) is 31.7 Å². The van der Waals surface area contributed by atoms with E-state index in [1.165, 1.54) is 30.5 Å². The van der Waals surface area contributed by atoms with E-state index in [1.54, 1.807) is 0 Å². The summed E-state index contributed by atoms with van der Waals surface area (Å²) in [5, 5.41) is 0. The Hall–Kier alpha value is -1.31. The topological polar surface area (TPSA) is 20.3 Å².